The first-order valence-electron chi connectivity index (χ1n) is 48.1. The number of ketones is 4. The molecule has 2 aliphatic heterocycles. The van der Waals surface area contributed by atoms with Crippen LogP contribution in [0.25, 0.3) is 0 Å². The summed E-state index contributed by atoms with van der Waals surface area (Å²) in [6, 6.07) is 0. The Hall–Kier alpha value is -6.28. The Morgan fingerprint density at radius 3 is 0.917 bits per heavy atom. The summed E-state index contributed by atoms with van der Waals surface area (Å²) < 4.78 is 25.6. The second kappa shape index (κ2) is 88.6. The minimum atomic E-state index is -0.879. The number of carbonyl (C=O) groups is 12. The minimum Gasteiger partial charge on any atom is -0.481 e. The van der Waals surface area contributed by atoms with Gasteiger partial charge in [0.2, 0.25) is 0 Å². The highest BCUT2D eigenvalue weighted by Gasteiger charge is 2.33. The molecule has 0 aromatic carbocycles. The monoisotopic (exact) mass is 1710 g/mol. The summed E-state index contributed by atoms with van der Waals surface area (Å²) in [5.41, 5.74) is 0. The smallest absolute Gasteiger partial charge is 0.317 e. The first-order chi connectivity index (χ1) is 58.1. The molecule has 2 saturated heterocycles. The number of aliphatic carboxylic acids is 1. The van der Waals surface area contributed by atoms with Gasteiger partial charge in [-0.05, 0) is 198 Å². The van der Waals surface area contributed by atoms with Crippen LogP contribution in [0.2, 0.25) is 0 Å². The van der Waals surface area contributed by atoms with Crippen LogP contribution in [0.4, 0.5) is 0 Å². The number of unbranched alkanes of at least 4 members (excludes halogenated alkanes) is 21. The molecule has 0 aromatic rings. The van der Waals surface area contributed by atoms with Crippen molar-refractivity contribution in [2.24, 2.45) is 53.3 Å². The van der Waals surface area contributed by atoms with E-state index >= 15 is 0 Å². The number of carboxylic acid groups (broad SMARTS) is 1. The van der Waals surface area contributed by atoms with Gasteiger partial charge in [-0.25, -0.2) is 0 Å². The number of ether oxygens (including phenoxy) is 5. The molecular weight excluding hydrogens is 1530 g/mol. The Morgan fingerprint density at radius 1 is 0.347 bits per heavy atom. The normalized spacial score (nSPS) is 15.4. The fraction of sp³-hybridized carbons (Fsp3) is 0.802. The Kier molecular flexibility index (Phi) is 88.6. The first kappa shape index (κ1) is 121. The average Bonchev–Trinajstić information content (AvgIpc) is 1.77. The number of carboxylic acids is 1. The van der Waals surface area contributed by atoms with Crippen molar-refractivity contribution in [3.05, 3.63) is 48.6 Å². The zero-order valence-corrected chi connectivity index (χ0v) is 79.1. The predicted molar refractivity (Wildman–Crippen MR) is 489 cm³/mol. The van der Waals surface area contributed by atoms with Crippen LogP contribution in [0.15, 0.2) is 48.6 Å². The third kappa shape index (κ3) is 83.1. The van der Waals surface area contributed by atoms with Crippen LogP contribution < -0.4 is 0 Å². The van der Waals surface area contributed by atoms with Crippen LogP contribution in [0.1, 0.15) is 437 Å². The van der Waals surface area contributed by atoms with Gasteiger partial charge in [-0.2, -0.15) is 0 Å². The van der Waals surface area contributed by atoms with Crippen molar-refractivity contribution < 1.29 is 96.5 Å². The van der Waals surface area contributed by atoms with Crippen molar-refractivity contribution >= 4 is 70.9 Å². The van der Waals surface area contributed by atoms with Crippen molar-refractivity contribution in [1.29, 1.82) is 0 Å². The molecule has 0 amide bonds. The lowest BCUT2D eigenvalue weighted by molar-refractivity contribution is -0.156. The summed E-state index contributed by atoms with van der Waals surface area (Å²) in [4.78, 5) is 136. The van der Waals surface area contributed by atoms with E-state index in [0.29, 0.717) is 114 Å². The van der Waals surface area contributed by atoms with Gasteiger partial charge in [0.25, 0.3) is 0 Å². The minimum absolute atomic E-state index is 0.0163. The SMILES string of the molecule is CC(=O)CCCCCC/C=C/CC1CC(=O)OC1=O.CC(=O)CCCCCC/C=C/CC1CC(=O)OC1=O.CCCCC(CC)CO.CCCCC(CC)CO.CCCCC(CC)COC(=O)CC(C/C=C/CCCCCCC(C)=O)C(=O)OCC(CC)CCCC.CCCCC(CC)COC(=O)CC(C/C=C/CCCCCCC(C)=O)CC(=O)O. The second-order valence-corrected chi connectivity index (χ2v) is 33.8. The Balaban J connectivity index is -0.000000720. The number of allylic oxidation sites excluding steroid dienone is 8. The Labute approximate surface area is 735 Å². The van der Waals surface area contributed by atoms with Crippen molar-refractivity contribution in [2.45, 2.75) is 437 Å². The third-order valence-corrected chi connectivity index (χ3v) is 22.2. The summed E-state index contributed by atoms with van der Waals surface area (Å²) in [5, 5.41) is 26.6. The van der Waals surface area contributed by atoms with Crippen molar-refractivity contribution in [1.82, 2.24) is 0 Å². The maximum absolute atomic E-state index is 12.9. The number of Topliss-reactive ketones (excluding diaryl/α,β-unsaturated/α-hetero) is 4. The van der Waals surface area contributed by atoms with Crippen LogP contribution in [-0.4, -0.2) is 119 Å². The highest BCUT2D eigenvalue weighted by molar-refractivity contribution is 5.95. The van der Waals surface area contributed by atoms with Gasteiger partial charge in [0.15, 0.2) is 0 Å². The van der Waals surface area contributed by atoms with E-state index in [1.54, 1.807) is 27.7 Å². The van der Waals surface area contributed by atoms with Gasteiger partial charge >= 0.3 is 47.8 Å². The van der Waals surface area contributed by atoms with Gasteiger partial charge in [-0.1, -0.05) is 266 Å². The zero-order chi connectivity index (χ0) is 91.3. The molecule has 2 aliphatic rings. The largest absolute Gasteiger partial charge is 0.481 e. The molecule has 9 atom stereocenters. The lowest BCUT2D eigenvalue weighted by atomic mass is 9.97. The highest BCUT2D eigenvalue weighted by atomic mass is 16.6. The number of carbonyl (C=O) groups excluding carboxylic acids is 11. The predicted octanol–water partition coefficient (Wildman–Crippen LogP) is 24.8. The molecule has 0 bridgehead atoms. The molecule has 3 N–H and O–H groups in total. The fourth-order valence-corrected chi connectivity index (χ4v) is 13.5. The lowest BCUT2D eigenvalue weighted by Gasteiger charge is -2.19. The summed E-state index contributed by atoms with van der Waals surface area (Å²) >= 11 is 0. The molecule has 0 aromatic heterocycles. The highest BCUT2D eigenvalue weighted by Crippen LogP contribution is 2.25. The van der Waals surface area contributed by atoms with Crippen LogP contribution in [-0.2, 0) is 81.2 Å². The summed E-state index contributed by atoms with van der Waals surface area (Å²) in [7, 11) is 0. The molecule has 2 heterocycles. The zero-order valence-electron chi connectivity index (χ0n) is 79.1. The fourth-order valence-electron chi connectivity index (χ4n) is 13.5. The standard InChI is InChI=1S/C31H56O5.C24H42O5.2C15H22O4.2C8H18O/c1-6-10-20-27(8-3)24-35-30(33)23-29(31(34)36-25-28(9-4)21-11-7-2)22-18-16-14-12-13-15-17-19-26(5)32;1-4-6-15-21(5-2)19-29-24(28)18-22(17-23(26)27)16-13-11-9-7-8-10-12-14-20(3)25;2*1-12(16)9-7-5-3-2-4-6-8-10-13-11-14(17)19-15(13)18;2*1-3-5-6-8(4-2)7-9/h16,18,27-29H,6-15,17,19-25H2,1-5H3;11,13,21-22H,4-10,12,14-19H2,1-3H3,(H,26,27);2*6,8,13H,2-5,7,9-11H2,1H3;2*8-9H,3-7H2,1-2H3/b18-16+;13-11+;2*8-6+;;. The molecular formula is C101H178O20. The second-order valence-electron chi connectivity index (χ2n) is 33.8. The van der Waals surface area contributed by atoms with Gasteiger partial charge in [0.1, 0.15) is 23.1 Å². The quantitative estimate of drug-likeness (QED) is 0.0167. The molecule has 0 saturated carbocycles. The number of hydrogen-bond donors (Lipinski definition) is 3. The van der Waals surface area contributed by atoms with E-state index in [9.17, 15) is 57.5 Å². The molecule has 121 heavy (non-hydrogen) atoms. The molecule has 0 radical (unpaired) electrons. The summed E-state index contributed by atoms with van der Waals surface area (Å²) in [6.45, 7) is 30.1. The molecule has 9 unspecified atom stereocenters. The van der Waals surface area contributed by atoms with Crippen LogP contribution in [0.5, 0.6) is 0 Å². The Morgan fingerprint density at radius 2 is 0.636 bits per heavy atom. The molecule has 0 aliphatic carbocycles. The van der Waals surface area contributed by atoms with E-state index in [-0.39, 0.29) is 103 Å². The van der Waals surface area contributed by atoms with Crippen molar-refractivity contribution in [3.63, 3.8) is 0 Å². The summed E-state index contributed by atoms with van der Waals surface area (Å²) in [5.74, 6) is -1.31. The van der Waals surface area contributed by atoms with E-state index in [4.69, 9.17) is 29.5 Å². The summed E-state index contributed by atoms with van der Waals surface area (Å²) in [6.07, 6.45) is 65.3. The van der Waals surface area contributed by atoms with Gasteiger partial charge in [-0.3, -0.25) is 38.4 Å². The molecule has 20 nitrogen and oxygen atoms in total. The molecule has 2 fully saturated rings. The van der Waals surface area contributed by atoms with Gasteiger partial charge in [-0.15, -0.1) is 0 Å². The average molecular weight is 1710 g/mol. The number of aliphatic hydroxyl groups is 2. The first-order valence-corrected chi connectivity index (χ1v) is 48.1. The molecule has 702 valence electrons. The van der Waals surface area contributed by atoms with Crippen LogP contribution in [0, 0.1) is 53.3 Å². The van der Waals surface area contributed by atoms with Gasteiger partial charge in [0, 0.05) is 51.7 Å². The third-order valence-electron chi connectivity index (χ3n) is 22.2. The van der Waals surface area contributed by atoms with E-state index < -0.39 is 23.8 Å². The molecule has 2 rings (SSSR count). The maximum Gasteiger partial charge on any atom is 0.317 e. The molecule has 0 spiro atoms. The topological polar surface area (TPSA) is 312 Å². The van der Waals surface area contributed by atoms with Crippen LogP contribution in [0.3, 0.4) is 0 Å². The maximum atomic E-state index is 12.9. The molecule has 20 heteroatoms. The number of rotatable bonds is 71. The van der Waals surface area contributed by atoms with Gasteiger partial charge < -0.3 is 58.2 Å². The lowest BCUT2D eigenvalue weighted by Crippen LogP contribution is -2.25. The number of hydrogen-bond acceptors (Lipinski definition) is 19. The van der Waals surface area contributed by atoms with Gasteiger partial charge in [0.05, 0.1) is 56.8 Å². The van der Waals surface area contributed by atoms with E-state index in [1.807, 2.05) is 24.3 Å². The van der Waals surface area contributed by atoms with E-state index in [1.165, 1.54) is 38.5 Å². The van der Waals surface area contributed by atoms with E-state index in [2.05, 4.69) is 103 Å². The Bertz CT molecular complexity index is 2650. The van der Waals surface area contributed by atoms with Crippen LogP contribution >= 0.6 is 0 Å². The number of cyclic esters (lactones) is 4. The number of esters is 7. The van der Waals surface area contributed by atoms with E-state index in [0.717, 1.165) is 218 Å². The van der Waals surface area contributed by atoms with Crippen molar-refractivity contribution in [3.8, 4) is 0 Å². The van der Waals surface area contributed by atoms with Crippen molar-refractivity contribution in [2.75, 3.05) is 33.0 Å². The number of aliphatic hydroxyl groups excluding tert-OH is 2.